The topological polar surface area (TPSA) is 180 Å². The first-order valence-electron chi connectivity index (χ1n) is 8.56. The van der Waals surface area contributed by atoms with Crippen molar-refractivity contribution in [3.8, 4) is 0 Å². The van der Waals surface area contributed by atoms with E-state index in [1.165, 1.54) is 0 Å². The Bertz CT molecular complexity index is 614. The number of rotatable bonds is 11. The molecule has 11 nitrogen and oxygen atoms in total. The van der Waals surface area contributed by atoms with Crippen LogP contribution in [0, 0.1) is 0 Å². The smallest absolute Gasteiger partial charge is 0.326 e. The van der Waals surface area contributed by atoms with E-state index < -0.39 is 48.2 Å². The first-order valence-corrected chi connectivity index (χ1v) is 9.83. The highest BCUT2D eigenvalue weighted by molar-refractivity contribution is 7.80. The molecule has 1 heterocycles. The molecule has 0 saturated carbocycles. The van der Waals surface area contributed by atoms with Crippen LogP contribution in [0.15, 0.2) is 0 Å². The quantitative estimate of drug-likeness (QED) is 0.159. The summed E-state index contributed by atoms with van der Waals surface area (Å²) >= 11 is 8.03. The summed E-state index contributed by atoms with van der Waals surface area (Å²) in [7, 11) is 0. The van der Waals surface area contributed by atoms with Gasteiger partial charge in [0.15, 0.2) is 0 Å². The summed E-state index contributed by atoms with van der Waals surface area (Å²) in [6.07, 6.45) is 0.913. The van der Waals surface area contributed by atoms with E-state index in [1.807, 2.05) is 0 Å². The van der Waals surface area contributed by atoms with Gasteiger partial charge in [-0.2, -0.15) is 25.3 Å². The average Bonchev–Trinajstić information content (AvgIpc) is 3.17. The number of primary amides is 1. The van der Waals surface area contributed by atoms with Crippen molar-refractivity contribution in [1.82, 2.24) is 21.3 Å². The number of carbonyl (C=O) groups excluding carboxylic acids is 4. The first-order chi connectivity index (χ1) is 13.2. The first kappa shape index (κ1) is 24.0. The second-order valence-corrected chi connectivity index (χ2v) is 6.94. The molecule has 4 unspecified atom stereocenters. The lowest BCUT2D eigenvalue weighted by atomic mass is 10.1. The molecule has 1 saturated heterocycles. The number of nitrogens with two attached hydrogens (primary N) is 1. The zero-order chi connectivity index (χ0) is 21.3. The zero-order valence-electron chi connectivity index (χ0n) is 15.0. The van der Waals surface area contributed by atoms with E-state index in [9.17, 15) is 24.0 Å². The predicted molar refractivity (Wildman–Crippen MR) is 106 cm³/mol. The summed E-state index contributed by atoms with van der Waals surface area (Å²) in [5.74, 6) is -4.36. The van der Waals surface area contributed by atoms with Crippen molar-refractivity contribution < 1.29 is 29.1 Å². The molecule has 0 radical (unpaired) electrons. The Morgan fingerprint density at radius 2 is 1.54 bits per heavy atom. The van der Waals surface area contributed by atoms with E-state index >= 15 is 0 Å². The fourth-order valence-corrected chi connectivity index (χ4v) is 3.03. The molecule has 1 fully saturated rings. The molecule has 1 aliphatic heterocycles. The number of carboxylic acids is 1. The minimum absolute atomic E-state index is 0.00930. The van der Waals surface area contributed by atoms with Crippen LogP contribution in [0.1, 0.15) is 19.3 Å². The molecule has 7 N–H and O–H groups in total. The van der Waals surface area contributed by atoms with Gasteiger partial charge in [0.05, 0.1) is 12.5 Å². The van der Waals surface area contributed by atoms with Gasteiger partial charge in [0, 0.05) is 11.5 Å². The molecule has 28 heavy (non-hydrogen) atoms. The van der Waals surface area contributed by atoms with E-state index in [1.54, 1.807) is 0 Å². The summed E-state index contributed by atoms with van der Waals surface area (Å²) in [5, 5.41) is 19.1. The van der Waals surface area contributed by atoms with Gasteiger partial charge in [0.1, 0.15) is 18.1 Å². The fraction of sp³-hybridized carbons (Fsp3) is 0.667. The third-order valence-corrected chi connectivity index (χ3v) is 4.76. The van der Waals surface area contributed by atoms with Crippen LogP contribution < -0.4 is 27.0 Å². The molecule has 1 rings (SSSR count). The number of thiol groups is 2. The minimum Gasteiger partial charge on any atom is -0.480 e. The summed E-state index contributed by atoms with van der Waals surface area (Å²) < 4.78 is 0. The molecular formula is C15H25N5O6S2. The maximum Gasteiger partial charge on any atom is 0.326 e. The number of carbonyl (C=O) groups is 5. The Hall–Kier alpha value is -1.99. The molecule has 0 spiro atoms. The number of hydrogen-bond donors (Lipinski definition) is 8. The van der Waals surface area contributed by atoms with Gasteiger partial charge in [-0.25, -0.2) is 4.79 Å². The maximum atomic E-state index is 12.4. The zero-order valence-corrected chi connectivity index (χ0v) is 16.8. The van der Waals surface area contributed by atoms with Crippen LogP contribution in [0.2, 0.25) is 0 Å². The molecule has 0 aromatic rings. The predicted octanol–water partition coefficient (Wildman–Crippen LogP) is -2.99. The summed E-state index contributed by atoms with van der Waals surface area (Å²) in [6, 6.07) is -4.09. The monoisotopic (exact) mass is 435 g/mol. The molecule has 13 heteroatoms. The van der Waals surface area contributed by atoms with E-state index in [0.29, 0.717) is 13.0 Å². The Balaban J connectivity index is 2.67. The normalized spacial score (nSPS) is 19.1. The molecule has 0 bridgehead atoms. The highest BCUT2D eigenvalue weighted by atomic mass is 32.1. The second-order valence-electron chi connectivity index (χ2n) is 6.21. The van der Waals surface area contributed by atoms with Crippen LogP contribution in [0.4, 0.5) is 0 Å². The number of amides is 4. The maximum absolute atomic E-state index is 12.4. The van der Waals surface area contributed by atoms with Crippen LogP contribution in [0.3, 0.4) is 0 Å². The highest BCUT2D eigenvalue weighted by Gasteiger charge is 2.30. The third kappa shape index (κ3) is 7.56. The van der Waals surface area contributed by atoms with Gasteiger partial charge in [-0.3, -0.25) is 19.2 Å². The molecule has 0 aromatic heterocycles. The van der Waals surface area contributed by atoms with E-state index in [2.05, 4.69) is 46.5 Å². The number of nitrogens with one attached hydrogen (secondary N) is 4. The van der Waals surface area contributed by atoms with Gasteiger partial charge in [-0.15, -0.1) is 0 Å². The van der Waals surface area contributed by atoms with Gasteiger partial charge in [-0.1, -0.05) is 0 Å². The van der Waals surface area contributed by atoms with E-state index in [4.69, 9.17) is 10.8 Å². The largest absolute Gasteiger partial charge is 0.480 e. The van der Waals surface area contributed by atoms with Crippen LogP contribution >= 0.6 is 25.3 Å². The van der Waals surface area contributed by atoms with Crippen molar-refractivity contribution in [2.45, 2.75) is 43.4 Å². The molecule has 158 valence electrons. The molecule has 1 aliphatic rings. The van der Waals surface area contributed by atoms with Gasteiger partial charge in [0.25, 0.3) is 0 Å². The van der Waals surface area contributed by atoms with Crippen LogP contribution in [-0.2, 0) is 24.0 Å². The van der Waals surface area contributed by atoms with Gasteiger partial charge < -0.3 is 32.1 Å². The highest BCUT2D eigenvalue weighted by Crippen LogP contribution is 2.05. The van der Waals surface area contributed by atoms with Gasteiger partial charge in [0.2, 0.25) is 23.6 Å². The molecular weight excluding hydrogens is 410 g/mol. The summed E-state index contributed by atoms with van der Waals surface area (Å²) in [5.41, 5.74) is 4.96. The SMILES string of the molecule is NC(=O)CC(NC(=O)C(CS)NC(=O)C(CS)NC(=O)C1CCCN1)C(=O)O. The van der Waals surface area contributed by atoms with Crippen molar-refractivity contribution in [3.63, 3.8) is 0 Å². The van der Waals surface area contributed by atoms with Crippen molar-refractivity contribution in [3.05, 3.63) is 0 Å². The third-order valence-electron chi connectivity index (χ3n) is 4.03. The second kappa shape index (κ2) is 11.8. The molecule has 0 aliphatic carbocycles. The lowest BCUT2D eigenvalue weighted by molar-refractivity contribution is -0.143. The van der Waals surface area contributed by atoms with Crippen LogP contribution in [0.5, 0.6) is 0 Å². The lowest BCUT2D eigenvalue weighted by Gasteiger charge is -2.23. The number of carboxylic acid groups (broad SMARTS) is 1. The number of aliphatic carboxylic acids is 1. The Labute approximate surface area is 172 Å². The molecule has 4 atom stereocenters. The van der Waals surface area contributed by atoms with Gasteiger partial charge >= 0.3 is 5.97 Å². The summed E-state index contributed by atoms with van der Waals surface area (Å²) in [6.45, 7) is 0.716. The van der Waals surface area contributed by atoms with E-state index in [0.717, 1.165) is 6.42 Å². The Kier molecular flexibility index (Phi) is 10.1. The van der Waals surface area contributed by atoms with Crippen molar-refractivity contribution >= 4 is 54.9 Å². The average molecular weight is 436 g/mol. The Morgan fingerprint density at radius 3 is 1.96 bits per heavy atom. The summed E-state index contributed by atoms with van der Waals surface area (Å²) in [4.78, 5) is 58.8. The number of hydrogen-bond acceptors (Lipinski definition) is 8. The standard InChI is InChI=1S/C15H25N5O6S2/c16-11(21)4-8(15(25)26)18-13(23)9(5-27)20-14(24)10(6-28)19-12(22)7-2-1-3-17-7/h7-10,17,27-28H,1-6H2,(H2,16,21)(H,18,23)(H,19,22)(H,20,24)(H,25,26). The van der Waals surface area contributed by atoms with Crippen LogP contribution in [-0.4, -0.2) is 76.9 Å². The minimum atomic E-state index is -1.53. The van der Waals surface area contributed by atoms with Crippen molar-refractivity contribution in [2.75, 3.05) is 18.1 Å². The molecule has 0 aromatic carbocycles. The van der Waals surface area contributed by atoms with Crippen molar-refractivity contribution in [2.24, 2.45) is 5.73 Å². The Morgan fingerprint density at radius 1 is 1.00 bits per heavy atom. The van der Waals surface area contributed by atoms with E-state index in [-0.39, 0.29) is 23.5 Å². The lowest BCUT2D eigenvalue weighted by Crippen LogP contribution is -2.58. The van der Waals surface area contributed by atoms with Gasteiger partial charge in [-0.05, 0) is 19.4 Å². The fourth-order valence-electron chi connectivity index (χ4n) is 2.51. The molecule has 4 amide bonds. The van der Waals surface area contributed by atoms with Crippen molar-refractivity contribution in [1.29, 1.82) is 0 Å². The van der Waals surface area contributed by atoms with Crippen LogP contribution in [0.25, 0.3) is 0 Å².